The summed E-state index contributed by atoms with van der Waals surface area (Å²) in [5.41, 5.74) is 0.776. The summed E-state index contributed by atoms with van der Waals surface area (Å²) in [5, 5.41) is 15.7. The van der Waals surface area contributed by atoms with E-state index < -0.39 is 16.7 Å². The lowest BCUT2D eigenvalue weighted by Gasteiger charge is -2.06. The van der Waals surface area contributed by atoms with Gasteiger partial charge < -0.3 is 15.1 Å². The lowest BCUT2D eigenvalue weighted by atomic mass is 10.2. The van der Waals surface area contributed by atoms with Crippen molar-refractivity contribution in [3.8, 4) is 0 Å². The number of nitro groups is 1. The summed E-state index contributed by atoms with van der Waals surface area (Å²) < 4.78 is 4.80. The molecule has 0 aliphatic carbocycles. The van der Waals surface area contributed by atoms with Crippen molar-refractivity contribution in [1.29, 1.82) is 0 Å². The van der Waals surface area contributed by atoms with Crippen LogP contribution in [0.25, 0.3) is 0 Å². The van der Waals surface area contributed by atoms with Gasteiger partial charge in [0, 0.05) is 17.8 Å². The van der Waals surface area contributed by atoms with E-state index in [9.17, 15) is 19.7 Å². The molecule has 0 saturated heterocycles. The highest BCUT2D eigenvalue weighted by Gasteiger charge is 2.17. The Labute approximate surface area is 125 Å². The van der Waals surface area contributed by atoms with Gasteiger partial charge >= 0.3 is 5.88 Å². The molecule has 8 nitrogen and oxygen atoms in total. The first-order valence-corrected chi connectivity index (χ1v) is 6.45. The number of hydrogen-bond donors (Lipinski definition) is 2. The zero-order chi connectivity index (χ0) is 16.1. The molecule has 114 valence electrons. The van der Waals surface area contributed by atoms with E-state index in [1.807, 2.05) is 0 Å². The van der Waals surface area contributed by atoms with Crippen LogP contribution in [0.4, 0.5) is 11.6 Å². The first-order valence-electron chi connectivity index (χ1n) is 6.45. The molecule has 0 radical (unpaired) electrons. The fraction of sp³-hybridized carbons (Fsp3) is 0.143. The summed E-state index contributed by atoms with van der Waals surface area (Å²) >= 11 is 0. The molecule has 2 aromatic rings. The van der Waals surface area contributed by atoms with Crippen LogP contribution in [0, 0.1) is 10.1 Å². The number of carbonyl (C=O) groups excluding carboxylic acids is 2. The number of hydrogen-bond acceptors (Lipinski definition) is 5. The second kappa shape index (κ2) is 6.53. The minimum atomic E-state index is -0.730. The number of furan rings is 1. The van der Waals surface area contributed by atoms with Gasteiger partial charge in [-0.2, -0.15) is 0 Å². The molecule has 2 rings (SSSR count). The van der Waals surface area contributed by atoms with Crippen LogP contribution in [0.3, 0.4) is 0 Å². The number of rotatable bonds is 5. The maximum atomic E-state index is 11.9. The topological polar surface area (TPSA) is 114 Å². The Morgan fingerprint density at radius 3 is 2.64 bits per heavy atom. The number of carbonyl (C=O) groups is 2. The molecular weight excluding hydrogens is 290 g/mol. The monoisotopic (exact) mass is 303 g/mol. The van der Waals surface area contributed by atoms with E-state index in [1.54, 1.807) is 25.1 Å². The van der Waals surface area contributed by atoms with Gasteiger partial charge in [-0.05, 0) is 31.2 Å². The van der Waals surface area contributed by atoms with Gasteiger partial charge in [0.05, 0.1) is 6.07 Å². The standard InChI is InChI=1S/C14H13N3O5/c1-2-15-13(18)9-4-3-5-10(8-9)16-14(19)11-6-7-12(22-11)17(20)21/h3-8H,2H2,1H3,(H,15,18)(H,16,19). The number of amides is 2. The van der Waals surface area contributed by atoms with Crippen molar-refractivity contribution in [3.05, 3.63) is 57.8 Å². The second-order valence-electron chi connectivity index (χ2n) is 4.29. The van der Waals surface area contributed by atoms with E-state index in [0.29, 0.717) is 17.8 Å². The molecule has 22 heavy (non-hydrogen) atoms. The lowest BCUT2D eigenvalue weighted by molar-refractivity contribution is -0.402. The van der Waals surface area contributed by atoms with Gasteiger partial charge in [-0.3, -0.25) is 19.7 Å². The molecule has 0 atom stereocenters. The molecule has 0 saturated carbocycles. The van der Waals surface area contributed by atoms with Crippen LogP contribution in [0.5, 0.6) is 0 Å². The van der Waals surface area contributed by atoms with E-state index >= 15 is 0 Å². The normalized spacial score (nSPS) is 10.0. The van der Waals surface area contributed by atoms with Crippen LogP contribution in [-0.2, 0) is 0 Å². The Hall–Kier alpha value is -3.16. The highest BCUT2D eigenvalue weighted by atomic mass is 16.6. The van der Waals surface area contributed by atoms with Crippen molar-refractivity contribution < 1.29 is 18.9 Å². The molecule has 2 N–H and O–H groups in total. The van der Waals surface area contributed by atoms with Crippen LogP contribution in [0.2, 0.25) is 0 Å². The molecule has 1 aromatic heterocycles. The fourth-order valence-corrected chi connectivity index (χ4v) is 1.74. The van der Waals surface area contributed by atoms with Crippen LogP contribution in [0.1, 0.15) is 27.8 Å². The third-order valence-electron chi connectivity index (χ3n) is 2.72. The highest BCUT2D eigenvalue weighted by molar-refractivity contribution is 6.03. The quantitative estimate of drug-likeness (QED) is 0.649. The minimum Gasteiger partial charge on any atom is -0.395 e. The number of nitrogens with one attached hydrogen (secondary N) is 2. The predicted octanol–water partition coefficient (Wildman–Crippen LogP) is 2.19. The molecule has 0 unspecified atom stereocenters. The Morgan fingerprint density at radius 2 is 2.00 bits per heavy atom. The lowest BCUT2D eigenvalue weighted by Crippen LogP contribution is -2.22. The van der Waals surface area contributed by atoms with Crippen molar-refractivity contribution in [3.63, 3.8) is 0 Å². The summed E-state index contributed by atoms with van der Waals surface area (Å²) in [6.07, 6.45) is 0. The molecule has 0 aliphatic rings. The Balaban J connectivity index is 2.12. The first kappa shape index (κ1) is 15.2. The largest absolute Gasteiger partial charge is 0.433 e. The average molecular weight is 303 g/mol. The van der Waals surface area contributed by atoms with Gasteiger partial charge in [0.15, 0.2) is 5.76 Å². The van der Waals surface area contributed by atoms with Gasteiger partial charge in [-0.15, -0.1) is 0 Å². The van der Waals surface area contributed by atoms with Crippen LogP contribution < -0.4 is 10.6 Å². The smallest absolute Gasteiger partial charge is 0.395 e. The molecule has 0 bridgehead atoms. The molecular formula is C14H13N3O5. The zero-order valence-electron chi connectivity index (χ0n) is 11.7. The van der Waals surface area contributed by atoms with Crippen molar-refractivity contribution >= 4 is 23.4 Å². The van der Waals surface area contributed by atoms with Gasteiger partial charge in [-0.1, -0.05) is 6.07 Å². The van der Waals surface area contributed by atoms with Crippen LogP contribution >= 0.6 is 0 Å². The van der Waals surface area contributed by atoms with Crippen molar-refractivity contribution in [2.24, 2.45) is 0 Å². The Bertz CT molecular complexity index is 723. The van der Waals surface area contributed by atoms with Gasteiger partial charge in [-0.25, -0.2) is 0 Å². The Morgan fingerprint density at radius 1 is 1.23 bits per heavy atom. The highest BCUT2D eigenvalue weighted by Crippen LogP contribution is 2.18. The third-order valence-corrected chi connectivity index (χ3v) is 2.72. The van der Waals surface area contributed by atoms with E-state index in [-0.39, 0.29) is 11.7 Å². The average Bonchev–Trinajstić information content (AvgIpc) is 2.98. The van der Waals surface area contributed by atoms with Crippen LogP contribution in [-0.4, -0.2) is 23.3 Å². The van der Waals surface area contributed by atoms with E-state index in [1.165, 1.54) is 12.1 Å². The molecule has 1 aromatic carbocycles. The summed E-state index contributed by atoms with van der Waals surface area (Å²) in [4.78, 5) is 33.4. The molecule has 1 heterocycles. The first-order chi connectivity index (χ1) is 10.5. The SMILES string of the molecule is CCNC(=O)c1cccc(NC(=O)c2ccc([N+](=O)[O-])o2)c1. The molecule has 0 spiro atoms. The van der Waals surface area contributed by atoms with Crippen molar-refractivity contribution in [2.75, 3.05) is 11.9 Å². The maximum absolute atomic E-state index is 11.9. The minimum absolute atomic E-state index is 0.185. The fourth-order valence-electron chi connectivity index (χ4n) is 1.74. The molecule has 8 heteroatoms. The predicted molar refractivity (Wildman–Crippen MR) is 77.8 cm³/mol. The molecule has 0 aliphatic heterocycles. The van der Waals surface area contributed by atoms with E-state index in [0.717, 1.165) is 6.07 Å². The zero-order valence-corrected chi connectivity index (χ0v) is 11.7. The summed E-state index contributed by atoms with van der Waals surface area (Å²) in [7, 11) is 0. The van der Waals surface area contributed by atoms with E-state index in [4.69, 9.17) is 4.42 Å². The Kier molecular flexibility index (Phi) is 4.52. The van der Waals surface area contributed by atoms with Crippen LogP contribution in [0.15, 0.2) is 40.8 Å². The third kappa shape index (κ3) is 3.48. The number of benzene rings is 1. The summed E-state index contributed by atoms with van der Waals surface area (Å²) in [6.45, 7) is 2.29. The number of nitrogens with zero attached hydrogens (tertiary/aromatic N) is 1. The van der Waals surface area contributed by atoms with Gasteiger partial charge in [0.25, 0.3) is 11.8 Å². The summed E-state index contributed by atoms with van der Waals surface area (Å²) in [6, 6.07) is 8.63. The van der Waals surface area contributed by atoms with Crippen molar-refractivity contribution in [1.82, 2.24) is 5.32 Å². The van der Waals surface area contributed by atoms with E-state index in [2.05, 4.69) is 10.6 Å². The second-order valence-corrected chi connectivity index (χ2v) is 4.29. The van der Waals surface area contributed by atoms with Crippen molar-refractivity contribution in [2.45, 2.75) is 6.92 Å². The maximum Gasteiger partial charge on any atom is 0.433 e. The van der Waals surface area contributed by atoms with Gasteiger partial charge in [0.1, 0.15) is 4.92 Å². The number of anilines is 1. The molecule has 2 amide bonds. The van der Waals surface area contributed by atoms with Gasteiger partial charge in [0.2, 0.25) is 0 Å². The summed E-state index contributed by atoms with van der Waals surface area (Å²) in [5.74, 6) is -1.59. The molecule has 0 fully saturated rings.